The third-order valence-electron chi connectivity index (χ3n) is 5.22. The maximum absolute atomic E-state index is 13.7. The number of ether oxygens (including phenoxy) is 2. The van der Waals surface area contributed by atoms with E-state index in [0.29, 0.717) is 17.0 Å². The topological polar surface area (TPSA) is 117 Å². The summed E-state index contributed by atoms with van der Waals surface area (Å²) >= 11 is 0. The summed E-state index contributed by atoms with van der Waals surface area (Å²) in [5, 5.41) is 15.3. The molecular formula is C27H37N3O6. The predicted molar refractivity (Wildman–Crippen MR) is 138 cm³/mol. The lowest BCUT2D eigenvalue weighted by molar-refractivity contribution is -0.143. The van der Waals surface area contributed by atoms with Crippen LogP contribution in [0.5, 0.6) is 5.75 Å². The minimum absolute atomic E-state index is 0.443. The number of aryl methyl sites for hydroxylation is 1. The van der Waals surface area contributed by atoms with E-state index in [0.717, 1.165) is 5.56 Å². The van der Waals surface area contributed by atoms with Gasteiger partial charge in [0.05, 0.1) is 13.7 Å². The molecule has 0 radical (unpaired) electrons. The summed E-state index contributed by atoms with van der Waals surface area (Å²) in [4.78, 5) is 41.0. The van der Waals surface area contributed by atoms with Gasteiger partial charge in [-0.3, -0.25) is 9.59 Å². The van der Waals surface area contributed by atoms with Gasteiger partial charge < -0.3 is 30.1 Å². The normalized spacial score (nSPS) is 12.9. The Morgan fingerprint density at radius 3 is 2.19 bits per heavy atom. The van der Waals surface area contributed by atoms with E-state index in [-0.39, 0.29) is 0 Å². The van der Waals surface area contributed by atoms with Gasteiger partial charge in [0, 0.05) is 11.7 Å². The Balaban J connectivity index is 2.44. The first-order chi connectivity index (χ1) is 16.9. The van der Waals surface area contributed by atoms with E-state index >= 15 is 0 Å². The van der Waals surface area contributed by atoms with Gasteiger partial charge in [-0.1, -0.05) is 29.8 Å². The minimum Gasteiger partial charge on any atom is -0.497 e. The van der Waals surface area contributed by atoms with Crippen molar-refractivity contribution < 1.29 is 29.0 Å². The fourth-order valence-electron chi connectivity index (χ4n) is 3.66. The van der Waals surface area contributed by atoms with Crippen LogP contribution in [0.1, 0.15) is 51.8 Å². The van der Waals surface area contributed by atoms with Crippen LogP contribution in [0.4, 0.5) is 10.5 Å². The van der Waals surface area contributed by atoms with Crippen molar-refractivity contribution in [2.24, 2.45) is 0 Å². The van der Waals surface area contributed by atoms with Crippen molar-refractivity contribution in [3.8, 4) is 5.75 Å². The molecule has 2 aromatic carbocycles. The van der Waals surface area contributed by atoms with Crippen LogP contribution in [0.3, 0.4) is 0 Å². The van der Waals surface area contributed by atoms with Gasteiger partial charge in [0.2, 0.25) is 5.91 Å². The van der Waals surface area contributed by atoms with Crippen LogP contribution in [-0.2, 0) is 14.3 Å². The molecule has 0 fully saturated rings. The first-order valence-electron chi connectivity index (χ1n) is 11.8. The van der Waals surface area contributed by atoms with Crippen molar-refractivity contribution in [2.75, 3.05) is 19.0 Å². The predicted octanol–water partition coefficient (Wildman–Crippen LogP) is 3.81. The number of nitrogens with zero attached hydrogens (tertiary/aromatic N) is 1. The van der Waals surface area contributed by atoms with Crippen LogP contribution in [0.15, 0.2) is 48.5 Å². The molecule has 0 spiro atoms. The molecule has 9 nitrogen and oxygen atoms in total. The number of rotatable bonds is 9. The van der Waals surface area contributed by atoms with Gasteiger partial charge >= 0.3 is 6.09 Å². The van der Waals surface area contributed by atoms with E-state index in [1.54, 1.807) is 72.1 Å². The SMILES string of the molecule is COc1ccc(NC(=O)C(c2cccc(C)c2)N(C(=O)C(CO)NC(=O)OC(C)(C)C)C(C)C)cc1. The van der Waals surface area contributed by atoms with Gasteiger partial charge in [-0.2, -0.15) is 0 Å². The van der Waals surface area contributed by atoms with Crippen LogP contribution >= 0.6 is 0 Å². The molecule has 0 aromatic heterocycles. The average Bonchev–Trinajstić information content (AvgIpc) is 2.79. The maximum Gasteiger partial charge on any atom is 0.408 e. The van der Waals surface area contributed by atoms with Crippen LogP contribution in [-0.4, -0.2) is 59.3 Å². The summed E-state index contributed by atoms with van der Waals surface area (Å²) in [6, 6.07) is 11.4. The first kappa shape index (κ1) is 28.6. The highest BCUT2D eigenvalue weighted by Gasteiger charge is 2.37. The summed E-state index contributed by atoms with van der Waals surface area (Å²) in [7, 11) is 1.55. The number of alkyl carbamates (subject to hydrolysis) is 1. The second-order valence-corrected chi connectivity index (χ2v) is 9.76. The molecule has 2 rings (SSSR count). The minimum atomic E-state index is -1.30. The number of hydrogen-bond acceptors (Lipinski definition) is 6. The van der Waals surface area contributed by atoms with Gasteiger partial charge in [0.1, 0.15) is 23.4 Å². The second kappa shape index (κ2) is 12.4. The molecule has 0 aliphatic heterocycles. The smallest absolute Gasteiger partial charge is 0.408 e. The van der Waals surface area contributed by atoms with E-state index < -0.39 is 48.2 Å². The van der Waals surface area contributed by atoms with Crippen LogP contribution < -0.4 is 15.4 Å². The van der Waals surface area contributed by atoms with Crippen molar-refractivity contribution in [1.82, 2.24) is 10.2 Å². The fraction of sp³-hybridized carbons (Fsp3) is 0.444. The Morgan fingerprint density at radius 1 is 1.06 bits per heavy atom. The Bertz CT molecular complexity index is 1050. The molecule has 2 unspecified atom stereocenters. The zero-order chi connectivity index (χ0) is 27.0. The molecular weight excluding hydrogens is 462 g/mol. The summed E-state index contributed by atoms with van der Waals surface area (Å²) in [6.07, 6.45) is -0.839. The van der Waals surface area contributed by atoms with Crippen LogP contribution in [0, 0.1) is 6.92 Å². The Hall–Kier alpha value is -3.59. The number of carbonyl (C=O) groups is 3. The van der Waals surface area contributed by atoms with Crippen molar-refractivity contribution in [3.05, 3.63) is 59.7 Å². The number of aliphatic hydroxyl groups is 1. The fourth-order valence-corrected chi connectivity index (χ4v) is 3.66. The van der Waals surface area contributed by atoms with Gasteiger partial charge in [-0.15, -0.1) is 0 Å². The lowest BCUT2D eigenvalue weighted by Gasteiger charge is -2.37. The van der Waals surface area contributed by atoms with E-state index in [9.17, 15) is 19.5 Å². The van der Waals surface area contributed by atoms with Crippen molar-refractivity contribution >= 4 is 23.6 Å². The molecule has 2 atom stereocenters. The molecule has 0 bridgehead atoms. The second-order valence-electron chi connectivity index (χ2n) is 9.76. The molecule has 0 aliphatic rings. The summed E-state index contributed by atoms with van der Waals surface area (Å²) < 4.78 is 10.4. The number of nitrogens with one attached hydrogen (secondary N) is 2. The number of amides is 3. The summed E-state index contributed by atoms with van der Waals surface area (Å²) in [5.74, 6) is -0.419. The Morgan fingerprint density at radius 2 is 1.69 bits per heavy atom. The highest BCUT2D eigenvalue weighted by Crippen LogP contribution is 2.27. The molecule has 9 heteroatoms. The standard InChI is InChI=1S/C27H37N3O6/c1-17(2)30(25(33)22(16-31)29-26(34)36-27(4,5)6)23(19-10-8-9-18(3)15-19)24(32)28-20-11-13-21(35-7)14-12-20/h8-15,17,22-23,31H,16H2,1-7H3,(H,28,32)(H,29,34). The van der Waals surface area contributed by atoms with Gasteiger partial charge in [-0.05, 0) is 71.4 Å². The first-order valence-corrected chi connectivity index (χ1v) is 11.8. The summed E-state index contributed by atoms with van der Waals surface area (Å²) in [5.41, 5.74) is 1.25. The van der Waals surface area contributed by atoms with Crippen LogP contribution in [0.2, 0.25) is 0 Å². The third kappa shape index (κ3) is 7.98. The zero-order valence-electron chi connectivity index (χ0n) is 22.0. The molecule has 2 aromatic rings. The number of benzene rings is 2. The van der Waals surface area contributed by atoms with Gasteiger partial charge in [0.15, 0.2) is 0 Å². The van der Waals surface area contributed by atoms with Crippen molar-refractivity contribution in [2.45, 2.75) is 65.3 Å². The van der Waals surface area contributed by atoms with Gasteiger partial charge in [0.25, 0.3) is 5.91 Å². The number of hydrogen-bond donors (Lipinski definition) is 3. The number of carbonyl (C=O) groups excluding carboxylic acids is 3. The zero-order valence-corrected chi connectivity index (χ0v) is 22.0. The molecule has 0 saturated heterocycles. The van der Waals surface area contributed by atoms with E-state index in [1.165, 1.54) is 4.90 Å². The van der Waals surface area contributed by atoms with E-state index in [4.69, 9.17) is 9.47 Å². The molecule has 36 heavy (non-hydrogen) atoms. The average molecular weight is 500 g/mol. The van der Waals surface area contributed by atoms with E-state index in [1.807, 2.05) is 25.1 Å². The molecule has 0 heterocycles. The van der Waals surface area contributed by atoms with Gasteiger partial charge in [-0.25, -0.2) is 4.79 Å². The van der Waals surface area contributed by atoms with Crippen LogP contribution in [0.25, 0.3) is 0 Å². The third-order valence-corrected chi connectivity index (χ3v) is 5.22. The quantitative estimate of drug-likeness (QED) is 0.483. The lowest BCUT2D eigenvalue weighted by Crippen LogP contribution is -2.55. The number of methoxy groups -OCH3 is 1. The molecule has 196 valence electrons. The Kier molecular flexibility index (Phi) is 9.86. The highest BCUT2D eigenvalue weighted by molar-refractivity contribution is 5.99. The van der Waals surface area contributed by atoms with Crippen molar-refractivity contribution in [3.63, 3.8) is 0 Å². The monoisotopic (exact) mass is 499 g/mol. The molecule has 3 amide bonds. The largest absolute Gasteiger partial charge is 0.497 e. The molecule has 0 saturated carbocycles. The lowest BCUT2D eigenvalue weighted by atomic mass is 9.99. The molecule has 3 N–H and O–H groups in total. The van der Waals surface area contributed by atoms with Crippen molar-refractivity contribution in [1.29, 1.82) is 0 Å². The summed E-state index contributed by atoms with van der Waals surface area (Å²) in [6.45, 7) is 9.85. The maximum atomic E-state index is 13.7. The molecule has 0 aliphatic carbocycles. The number of aliphatic hydroxyl groups excluding tert-OH is 1. The number of anilines is 1. The highest BCUT2D eigenvalue weighted by atomic mass is 16.6. The Labute approximate surface area is 212 Å². The van der Waals surface area contributed by atoms with E-state index in [2.05, 4.69) is 10.6 Å².